The first-order valence-electron chi connectivity index (χ1n) is 8.37. The lowest BCUT2D eigenvalue weighted by molar-refractivity contribution is 0.0932. The van der Waals surface area contributed by atoms with Gasteiger partial charge in [-0.2, -0.15) is 0 Å². The number of nitrogens with one attached hydrogen (secondary N) is 1. The molecule has 1 amide bonds. The third-order valence-electron chi connectivity index (χ3n) is 4.20. The number of amides is 1. The third kappa shape index (κ3) is 4.38. The van der Waals surface area contributed by atoms with E-state index in [0.29, 0.717) is 11.3 Å². The highest BCUT2D eigenvalue weighted by atomic mass is 19.1. The van der Waals surface area contributed by atoms with E-state index >= 15 is 0 Å². The first-order valence-corrected chi connectivity index (χ1v) is 8.37. The maximum Gasteiger partial charge on any atom is 0.273 e. The molecule has 1 heterocycles. The Morgan fingerprint density at radius 1 is 1.15 bits per heavy atom. The van der Waals surface area contributed by atoms with Crippen LogP contribution >= 0.6 is 0 Å². The molecule has 1 unspecified atom stereocenters. The van der Waals surface area contributed by atoms with E-state index in [2.05, 4.69) is 10.5 Å². The standard InChI is InChI=1S/C20H19F2N3O2/c1-25(2)18(15-9-8-14(21)10-16(15)22)12-23-20(26)17-11-19(27-24-17)13-6-4-3-5-7-13/h3-11,18H,12H2,1-2H3,(H,23,26). The second kappa shape index (κ2) is 8.09. The quantitative estimate of drug-likeness (QED) is 0.719. The van der Waals surface area contributed by atoms with Crippen molar-refractivity contribution in [3.05, 3.63) is 77.5 Å². The number of carbonyl (C=O) groups excluding carboxylic acids is 1. The summed E-state index contributed by atoms with van der Waals surface area (Å²) in [6.07, 6.45) is 0. The Hall–Kier alpha value is -3.06. The van der Waals surface area contributed by atoms with Gasteiger partial charge in [-0.25, -0.2) is 8.78 Å². The van der Waals surface area contributed by atoms with Crippen molar-refractivity contribution < 1.29 is 18.1 Å². The molecule has 0 saturated heterocycles. The van der Waals surface area contributed by atoms with E-state index in [9.17, 15) is 13.6 Å². The molecule has 3 aromatic rings. The Morgan fingerprint density at radius 2 is 1.89 bits per heavy atom. The number of nitrogens with zero attached hydrogens (tertiary/aromatic N) is 2. The van der Waals surface area contributed by atoms with Crippen LogP contribution < -0.4 is 5.32 Å². The largest absolute Gasteiger partial charge is 0.355 e. The first-order chi connectivity index (χ1) is 13.0. The predicted octanol–water partition coefficient (Wildman–Crippen LogP) is 3.65. The Kier molecular flexibility index (Phi) is 5.61. The number of carbonyl (C=O) groups is 1. The molecule has 5 nitrogen and oxygen atoms in total. The van der Waals surface area contributed by atoms with Gasteiger partial charge in [0, 0.05) is 29.8 Å². The molecule has 0 radical (unpaired) electrons. The maximum atomic E-state index is 14.1. The van der Waals surface area contributed by atoms with E-state index in [1.165, 1.54) is 12.1 Å². The van der Waals surface area contributed by atoms with E-state index in [0.717, 1.165) is 11.6 Å². The lowest BCUT2D eigenvalue weighted by Crippen LogP contribution is -2.35. The molecule has 3 rings (SSSR count). The van der Waals surface area contributed by atoms with Crippen molar-refractivity contribution >= 4 is 5.91 Å². The molecule has 0 bridgehead atoms. The molecule has 0 aliphatic heterocycles. The summed E-state index contributed by atoms with van der Waals surface area (Å²) in [5, 5.41) is 6.51. The van der Waals surface area contributed by atoms with Gasteiger partial charge in [0.15, 0.2) is 11.5 Å². The lowest BCUT2D eigenvalue weighted by atomic mass is 10.0. The first kappa shape index (κ1) is 18.7. The van der Waals surface area contributed by atoms with Gasteiger partial charge in [0.2, 0.25) is 0 Å². The SMILES string of the molecule is CN(C)C(CNC(=O)c1cc(-c2ccccc2)on1)c1ccc(F)cc1F. The van der Waals surface area contributed by atoms with Crippen molar-refractivity contribution in [3.63, 3.8) is 0 Å². The van der Waals surface area contributed by atoms with Crippen molar-refractivity contribution in [2.75, 3.05) is 20.6 Å². The molecular formula is C20H19F2N3O2. The number of hydrogen-bond acceptors (Lipinski definition) is 4. The van der Waals surface area contributed by atoms with Crippen LogP contribution in [-0.2, 0) is 0 Å². The lowest BCUT2D eigenvalue weighted by Gasteiger charge is -2.25. The monoisotopic (exact) mass is 371 g/mol. The Balaban J connectivity index is 1.71. The summed E-state index contributed by atoms with van der Waals surface area (Å²) in [6, 6.07) is 13.8. The van der Waals surface area contributed by atoms with Gasteiger partial charge in [0.1, 0.15) is 11.6 Å². The fourth-order valence-electron chi connectivity index (χ4n) is 2.74. The van der Waals surface area contributed by atoms with Crippen molar-refractivity contribution in [1.29, 1.82) is 0 Å². The molecule has 1 atom stereocenters. The van der Waals surface area contributed by atoms with Crippen molar-refractivity contribution in [2.24, 2.45) is 0 Å². The minimum absolute atomic E-state index is 0.127. The van der Waals surface area contributed by atoms with E-state index in [1.807, 2.05) is 30.3 Å². The molecule has 0 spiro atoms. The molecule has 1 aromatic heterocycles. The van der Waals surface area contributed by atoms with Crippen molar-refractivity contribution in [2.45, 2.75) is 6.04 Å². The summed E-state index contributed by atoms with van der Waals surface area (Å²) in [4.78, 5) is 14.1. The minimum atomic E-state index is -0.657. The summed E-state index contributed by atoms with van der Waals surface area (Å²) in [5.41, 5.74) is 1.24. The van der Waals surface area contributed by atoms with Gasteiger partial charge in [-0.3, -0.25) is 4.79 Å². The molecule has 2 aromatic carbocycles. The molecular weight excluding hydrogens is 352 g/mol. The molecule has 0 aliphatic carbocycles. The van der Waals surface area contributed by atoms with Crippen LogP contribution in [0.1, 0.15) is 22.1 Å². The smallest absolute Gasteiger partial charge is 0.273 e. The highest BCUT2D eigenvalue weighted by Gasteiger charge is 2.21. The van der Waals surface area contributed by atoms with Crippen LogP contribution in [0.25, 0.3) is 11.3 Å². The van der Waals surface area contributed by atoms with Crippen LogP contribution in [0.4, 0.5) is 8.78 Å². The number of benzene rings is 2. The van der Waals surface area contributed by atoms with Gasteiger partial charge in [-0.05, 0) is 20.2 Å². The highest BCUT2D eigenvalue weighted by Crippen LogP contribution is 2.22. The van der Waals surface area contributed by atoms with E-state index in [4.69, 9.17) is 4.52 Å². The van der Waals surface area contributed by atoms with E-state index in [1.54, 1.807) is 25.1 Å². The zero-order valence-electron chi connectivity index (χ0n) is 14.9. The molecule has 0 aliphatic rings. The summed E-state index contributed by atoms with van der Waals surface area (Å²) in [5.74, 6) is -1.26. The van der Waals surface area contributed by atoms with Gasteiger partial charge in [0.25, 0.3) is 5.91 Å². The van der Waals surface area contributed by atoms with Crippen LogP contribution in [-0.4, -0.2) is 36.6 Å². The fourth-order valence-corrected chi connectivity index (χ4v) is 2.74. The summed E-state index contributed by atoms with van der Waals surface area (Å²) in [6.45, 7) is 0.127. The minimum Gasteiger partial charge on any atom is -0.355 e. The molecule has 1 N–H and O–H groups in total. The Labute approximate surface area is 155 Å². The van der Waals surface area contributed by atoms with Gasteiger partial charge in [0.05, 0.1) is 6.04 Å². The van der Waals surface area contributed by atoms with E-state index < -0.39 is 23.6 Å². The Morgan fingerprint density at radius 3 is 2.56 bits per heavy atom. The highest BCUT2D eigenvalue weighted by molar-refractivity contribution is 5.93. The topological polar surface area (TPSA) is 58.4 Å². The van der Waals surface area contributed by atoms with Gasteiger partial charge in [-0.1, -0.05) is 41.6 Å². The van der Waals surface area contributed by atoms with Gasteiger partial charge >= 0.3 is 0 Å². The third-order valence-corrected chi connectivity index (χ3v) is 4.20. The summed E-state index contributed by atoms with van der Waals surface area (Å²) < 4.78 is 32.5. The van der Waals surface area contributed by atoms with Crippen LogP contribution in [0.2, 0.25) is 0 Å². The average molecular weight is 371 g/mol. The van der Waals surface area contributed by atoms with Gasteiger partial charge in [-0.15, -0.1) is 0 Å². The number of rotatable bonds is 6. The molecule has 27 heavy (non-hydrogen) atoms. The normalized spacial score (nSPS) is 12.2. The second-order valence-corrected chi connectivity index (χ2v) is 6.30. The number of hydrogen-bond donors (Lipinski definition) is 1. The average Bonchev–Trinajstić information content (AvgIpc) is 3.14. The maximum absolute atomic E-state index is 14.1. The van der Waals surface area contributed by atoms with Crippen LogP contribution in [0.15, 0.2) is 59.1 Å². The molecule has 140 valence electrons. The zero-order valence-corrected chi connectivity index (χ0v) is 14.9. The van der Waals surface area contributed by atoms with E-state index in [-0.39, 0.29) is 12.2 Å². The molecule has 0 saturated carbocycles. The van der Waals surface area contributed by atoms with Crippen molar-refractivity contribution in [1.82, 2.24) is 15.4 Å². The second-order valence-electron chi connectivity index (χ2n) is 6.30. The number of halogens is 2. The summed E-state index contributed by atoms with van der Waals surface area (Å²) in [7, 11) is 3.51. The molecule has 7 heteroatoms. The Bertz CT molecular complexity index is 926. The predicted molar refractivity (Wildman–Crippen MR) is 97.1 cm³/mol. The molecule has 0 fully saturated rings. The van der Waals surface area contributed by atoms with Crippen LogP contribution in [0, 0.1) is 11.6 Å². The zero-order chi connectivity index (χ0) is 19.4. The van der Waals surface area contributed by atoms with Gasteiger partial charge < -0.3 is 14.7 Å². The number of aromatic nitrogens is 1. The van der Waals surface area contributed by atoms with Crippen LogP contribution in [0.5, 0.6) is 0 Å². The fraction of sp³-hybridized carbons (Fsp3) is 0.200. The summed E-state index contributed by atoms with van der Waals surface area (Å²) >= 11 is 0. The van der Waals surface area contributed by atoms with Crippen molar-refractivity contribution in [3.8, 4) is 11.3 Å². The number of likely N-dealkylation sites (N-methyl/N-ethyl adjacent to an activating group) is 1. The van der Waals surface area contributed by atoms with Crippen LogP contribution in [0.3, 0.4) is 0 Å².